The Hall–Kier alpha value is -1.01. The second kappa shape index (κ2) is 8.90. The molecule has 1 aromatic rings. The van der Waals surface area contributed by atoms with E-state index >= 15 is 0 Å². The molecule has 5 heteroatoms. The van der Waals surface area contributed by atoms with Crippen LogP contribution in [0, 0.1) is 5.82 Å². The van der Waals surface area contributed by atoms with Crippen LogP contribution in [0.3, 0.4) is 0 Å². The summed E-state index contributed by atoms with van der Waals surface area (Å²) in [6.45, 7) is 9.01. The van der Waals surface area contributed by atoms with Gasteiger partial charge in [0.05, 0.1) is 31.0 Å². The first-order valence-corrected chi connectivity index (χ1v) is 8.73. The molecule has 136 valence electrons. The zero-order valence-corrected chi connectivity index (χ0v) is 15.0. The molecule has 1 aromatic carbocycles. The lowest BCUT2D eigenvalue weighted by atomic mass is 10.1. The third kappa shape index (κ3) is 6.85. The highest BCUT2D eigenvalue weighted by Crippen LogP contribution is 2.17. The maximum absolute atomic E-state index is 13.6. The molecule has 2 rings (SSSR count). The van der Waals surface area contributed by atoms with Crippen molar-refractivity contribution in [2.75, 3.05) is 26.2 Å². The number of hydrogen-bond donors (Lipinski definition) is 1. The molecule has 1 aliphatic rings. The summed E-state index contributed by atoms with van der Waals surface area (Å²) in [6.07, 6.45) is 1.49. The summed E-state index contributed by atoms with van der Waals surface area (Å²) >= 11 is 0. The quantitative estimate of drug-likeness (QED) is 0.829. The number of piperidine rings is 1. The lowest BCUT2D eigenvalue weighted by Gasteiger charge is -2.33. The van der Waals surface area contributed by atoms with Gasteiger partial charge in [0.1, 0.15) is 5.82 Å². The molecule has 0 saturated carbocycles. The van der Waals surface area contributed by atoms with Crippen LogP contribution >= 0.6 is 0 Å². The minimum Gasteiger partial charge on any atom is -0.389 e. The molecule has 1 unspecified atom stereocenters. The second-order valence-electron chi connectivity index (χ2n) is 7.48. The number of halogens is 1. The summed E-state index contributed by atoms with van der Waals surface area (Å²) in [5.41, 5.74) is 0.379. The summed E-state index contributed by atoms with van der Waals surface area (Å²) in [6, 6.07) is 6.73. The molecular weight excluding hydrogens is 309 g/mol. The van der Waals surface area contributed by atoms with Gasteiger partial charge in [-0.2, -0.15) is 0 Å². The molecule has 24 heavy (non-hydrogen) atoms. The van der Waals surface area contributed by atoms with Gasteiger partial charge in [-0.15, -0.1) is 0 Å². The molecule has 0 radical (unpaired) electrons. The molecule has 0 bridgehead atoms. The Morgan fingerprint density at radius 3 is 2.54 bits per heavy atom. The highest BCUT2D eigenvalue weighted by molar-refractivity contribution is 5.16. The highest BCUT2D eigenvalue weighted by atomic mass is 19.1. The van der Waals surface area contributed by atoms with Crippen molar-refractivity contribution >= 4 is 0 Å². The number of rotatable bonds is 7. The van der Waals surface area contributed by atoms with Crippen LogP contribution in [-0.4, -0.2) is 54.1 Å². The van der Waals surface area contributed by atoms with Crippen molar-refractivity contribution in [1.29, 1.82) is 0 Å². The summed E-state index contributed by atoms with van der Waals surface area (Å²) in [5.74, 6) is -0.211. The Balaban J connectivity index is 1.65. The van der Waals surface area contributed by atoms with E-state index in [-0.39, 0.29) is 17.5 Å². The van der Waals surface area contributed by atoms with Gasteiger partial charge in [0.25, 0.3) is 0 Å². The smallest absolute Gasteiger partial charge is 0.128 e. The molecular formula is C19H30FNO3. The van der Waals surface area contributed by atoms with Gasteiger partial charge >= 0.3 is 0 Å². The van der Waals surface area contributed by atoms with Crippen LogP contribution in [0.5, 0.6) is 0 Å². The van der Waals surface area contributed by atoms with Gasteiger partial charge in [-0.1, -0.05) is 18.2 Å². The molecule has 1 saturated heterocycles. The molecule has 1 N–H and O–H groups in total. The number of likely N-dealkylation sites (tertiary alicyclic amines) is 1. The molecule has 0 aromatic heterocycles. The third-order valence-corrected chi connectivity index (χ3v) is 4.14. The van der Waals surface area contributed by atoms with Crippen molar-refractivity contribution in [2.24, 2.45) is 0 Å². The molecule has 4 nitrogen and oxygen atoms in total. The van der Waals surface area contributed by atoms with Crippen molar-refractivity contribution in [1.82, 2.24) is 4.90 Å². The van der Waals surface area contributed by atoms with E-state index in [1.807, 2.05) is 26.8 Å². The first-order chi connectivity index (χ1) is 11.3. The SMILES string of the molecule is CC(C)(C)OCC(O)CN1CCC(OCc2ccccc2F)CC1. The van der Waals surface area contributed by atoms with Crippen molar-refractivity contribution in [3.63, 3.8) is 0 Å². The van der Waals surface area contributed by atoms with Gasteiger partial charge in [-0.3, -0.25) is 0 Å². The Bertz CT molecular complexity index is 496. The standard InChI is InChI=1S/C19H30FNO3/c1-19(2,3)24-14-16(22)12-21-10-8-17(9-11-21)23-13-15-6-4-5-7-18(15)20/h4-7,16-17,22H,8-14H2,1-3H3. The van der Waals surface area contributed by atoms with E-state index < -0.39 is 6.10 Å². The van der Waals surface area contributed by atoms with E-state index in [2.05, 4.69) is 4.90 Å². The molecule has 0 aliphatic carbocycles. The van der Waals surface area contributed by atoms with E-state index in [1.54, 1.807) is 12.1 Å². The maximum atomic E-state index is 13.6. The Labute approximate surface area is 144 Å². The van der Waals surface area contributed by atoms with Crippen LogP contribution in [-0.2, 0) is 16.1 Å². The van der Waals surface area contributed by atoms with Gasteiger partial charge in [0.15, 0.2) is 0 Å². The van der Waals surface area contributed by atoms with Gasteiger partial charge in [0.2, 0.25) is 0 Å². The van der Waals surface area contributed by atoms with Crippen LogP contribution in [0.1, 0.15) is 39.2 Å². The normalized spacial score (nSPS) is 18.7. The fourth-order valence-corrected chi connectivity index (χ4v) is 2.78. The Morgan fingerprint density at radius 1 is 1.25 bits per heavy atom. The van der Waals surface area contributed by atoms with Gasteiger partial charge in [-0.05, 0) is 39.7 Å². The van der Waals surface area contributed by atoms with Gasteiger partial charge < -0.3 is 19.5 Å². The Kier molecular flexibility index (Phi) is 7.16. The van der Waals surface area contributed by atoms with Crippen molar-refractivity contribution in [3.05, 3.63) is 35.6 Å². The monoisotopic (exact) mass is 339 g/mol. The largest absolute Gasteiger partial charge is 0.389 e. The van der Waals surface area contributed by atoms with E-state index in [4.69, 9.17) is 9.47 Å². The lowest BCUT2D eigenvalue weighted by molar-refractivity contribution is -0.0627. The molecule has 1 atom stereocenters. The van der Waals surface area contributed by atoms with E-state index in [0.717, 1.165) is 25.9 Å². The number of ether oxygens (including phenoxy) is 2. The van der Waals surface area contributed by atoms with Crippen molar-refractivity contribution in [3.8, 4) is 0 Å². The minimum absolute atomic E-state index is 0.156. The zero-order valence-electron chi connectivity index (χ0n) is 15.0. The minimum atomic E-state index is -0.472. The summed E-state index contributed by atoms with van der Waals surface area (Å²) in [5, 5.41) is 10.1. The van der Waals surface area contributed by atoms with Crippen LogP contribution in [0.15, 0.2) is 24.3 Å². The fourth-order valence-electron chi connectivity index (χ4n) is 2.78. The van der Waals surface area contributed by atoms with Crippen LogP contribution in [0.2, 0.25) is 0 Å². The molecule has 0 amide bonds. The van der Waals surface area contributed by atoms with E-state index in [1.165, 1.54) is 6.07 Å². The number of nitrogens with zero attached hydrogens (tertiary/aromatic N) is 1. The molecule has 1 fully saturated rings. The summed E-state index contributed by atoms with van der Waals surface area (Å²) in [4.78, 5) is 2.24. The number of hydrogen-bond acceptors (Lipinski definition) is 4. The summed E-state index contributed by atoms with van der Waals surface area (Å²) in [7, 11) is 0. The highest BCUT2D eigenvalue weighted by Gasteiger charge is 2.22. The number of β-amino-alcohol motifs (C(OH)–C–C–N with tert-alkyl or cyclic N) is 1. The maximum Gasteiger partial charge on any atom is 0.128 e. The zero-order chi connectivity index (χ0) is 17.6. The van der Waals surface area contributed by atoms with Gasteiger partial charge in [-0.25, -0.2) is 4.39 Å². The number of aliphatic hydroxyl groups excluding tert-OH is 1. The predicted octanol–water partition coefficient (Wildman–Crippen LogP) is 2.98. The van der Waals surface area contributed by atoms with Crippen molar-refractivity contribution < 1.29 is 19.0 Å². The number of benzene rings is 1. The topological polar surface area (TPSA) is 41.9 Å². The molecule has 0 spiro atoms. The van der Waals surface area contributed by atoms with Crippen LogP contribution in [0.25, 0.3) is 0 Å². The van der Waals surface area contributed by atoms with Crippen LogP contribution in [0.4, 0.5) is 4.39 Å². The average Bonchev–Trinajstić information content (AvgIpc) is 2.53. The predicted molar refractivity (Wildman–Crippen MR) is 92.4 cm³/mol. The Morgan fingerprint density at radius 2 is 1.92 bits per heavy atom. The third-order valence-electron chi connectivity index (χ3n) is 4.14. The summed E-state index contributed by atoms with van der Waals surface area (Å²) < 4.78 is 25.0. The van der Waals surface area contributed by atoms with Crippen molar-refractivity contribution in [2.45, 2.75) is 58.0 Å². The fraction of sp³-hybridized carbons (Fsp3) is 0.684. The molecule has 1 aliphatic heterocycles. The average molecular weight is 339 g/mol. The first kappa shape index (κ1) is 19.3. The van der Waals surface area contributed by atoms with Gasteiger partial charge in [0, 0.05) is 25.2 Å². The molecule has 1 heterocycles. The van der Waals surface area contributed by atoms with E-state index in [0.29, 0.717) is 25.3 Å². The van der Waals surface area contributed by atoms with E-state index in [9.17, 15) is 9.50 Å². The first-order valence-electron chi connectivity index (χ1n) is 8.73. The lowest BCUT2D eigenvalue weighted by Crippen LogP contribution is -2.42. The second-order valence-corrected chi connectivity index (χ2v) is 7.48. The number of aliphatic hydroxyl groups is 1. The van der Waals surface area contributed by atoms with Crippen LogP contribution < -0.4 is 0 Å².